The fraction of sp³-hybridized carbons (Fsp3) is 0.0952. The van der Waals surface area contributed by atoms with Gasteiger partial charge in [-0.05, 0) is 42.0 Å². The zero-order valence-electron chi connectivity index (χ0n) is 14.1. The summed E-state index contributed by atoms with van der Waals surface area (Å²) in [6, 6.07) is 21.1. The second kappa shape index (κ2) is 8.04. The molecule has 0 saturated carbocycles. The van der Waals surface area contributed by atoms with Crippen LogP contribution in [0.5, 0.6) is 5.75 Å². The van der Waals surface area contributed by atoms with Gasteiger partial charge in [-0.15, -0.1) is 0 Å². The minimum Gasteiger partial charge on any atom is -0.497 e. The molecule has 0 spiro atoms. The van der Waals surface area contributed by atoms with Gasteiger partial charge in [0.15, 0.2) is 0 Å². The van der Waals surface area contributed by atoms with Crippen LogP contribution in [0.25, 0.3) is 0 Å². The molecular weight excluding hydrogens is 350 g/mol. The van der Waals surface area contributed by atoms with Crippen LogP contribution in [0.15, 0.2) is 72.8 Å². The first kappa shape index (κ1) is 18.0. The molecule has 1 amide bonds. The van der Waals surface area contributed by atoms with Crippen LogP contribution in [0.4, 0.5) is 5.69 Å². The zero-order chi connectivity index (χ0) is 18.5. The van der Waals surface area contributed by atoms with E-state index in [2.05, 4.69) is 5.32 Å². The summed E-state index contributed by atoms with van der Waals surface area (Å²) in [7, 11) is 1.55. The van der Waals surface area contributed by atoms with Crippen LogP contribution in [0.3, 0.4) is 0 Å². The van der Waals surface area contributed by atoms with E-state index in [9.17, 15) is 9.90 Å². The number of rotatable bonds is 5. The van der Waals surface area contributed by atoms with Crippen LogP contribution in [-0.2, 0) is 0 Å². The normalized spacial score (nSPS) is 11.7. The molecule has 0 aliphatic heterocycles. The van der Waals surface area contributed by atoms with Gasteiger partial charge in [0.05, 0.1) is 7.11 Å². The molecule has 4 nitrogen and oxygen atoms in total. The summed E-state index contributed by atoms with van der Waals surface area (Å²) in [5.41, 5.74) is 2.20. The fourth-order valence-corrected chi connectivity index (χ4v) is 2.83. The number of hydrogen-bond acceptors (Lipinski definition) is 3. The summed E-state index contributed by atoms with van der Waals surface area (Å²) in [4.78, 5) is 12.6. The summed E-state index contributed by atoms with van der Waals surface area (Å²) >= 11 is 6.10. The predicted octanol–water partition coefficient (Wildman–Crippen LogP) is 4.68. The Labute approximate surface area is 157 Å². The van der Waals surface area contributed by atoms with E-state index in [1.54, 1.807) is 49.6 Å². The Morgan fingerprint density at radius 2 is 1.81 bits per heavy atom. The summed E-state index contributed by atoms with van der Waals surface area (Å²) in [6.45, 7) is 0. The number of carbonyl (C=O) groups excluding carboxylic acids is 1. The van der Waals surface area contributed by atoms with Gasteiger partial charge >= 0.3 is 0 Å². The Bertz CT molecular complexity index is 912. The lowest BCUT2D eigenvalue weighted by Crippen LogP contribution is -2.15. The van der Waals surface area contributed by atoms with Crippen molar-refractivity contribution in [1.29, 1.82) is 0 Å². The molecule has 1 atom stereocenters. The maximum atomic E-state index is 12.6. The molecule has 0 aliphatic rings. The lowest BCUT2D eigenvalue weighted by atomic mass is 9.99. The van der Waals surface area contributed by atoms with E-state index >= 15 is 0 Å². The van der Waals surface area contributed by atoms with Crippen LogP contribution in [0, 0.1) is 0 Å². The van der Waals surface area contributed by atoms with E-state index < -0.39 is 6.10 Å². The van der Waals surface area contributed by atoms with Crippen LogP contribution in [-0.4, -0.2) is 18.1 Å². The molecule has 0 saturated heterocycles. The summed E-state index contributed by atoms with van der Waals surface area (Å²) in [5.74, 6) is 0.297. The van der Waals surface area contributed by atoms with Crippen LogP contribution in [0.2, 0.25) is 5.02 Å². The standard InChI is InChI=1S/C21H18ClNO3/c1-26-17-9-5-8-15(12-17)21(25)23-19-11-10-16(22)13-18(19)20(24)14-6-3-2-4-7-14/h2-13,20,24H,1H3,(H,23,25)/t20-/m1/s1. The summed E-state index contributed by atoms with van der Waals surface area (Å²) in [6.07, 6.45) is -0.907. The number of methoxy groups -OCH3 is 1. The second-order valence-corrected chi connectivity index (χ2v) is 6.17. The Hall–Kier alpha value is -2.82. The second-order valence-electron chi connectivity index (χ2n) is 5.73. The Morgan fingerprint density at radius 1 is 1.04 bits per heavy atom. The Balaban J connectivity index is 1.91. The molecule has 132 valence electrons. The van der Waals surface area contributed by atoms with E-state index in [1.807, 2.05) is 30.3 Å². The molecule has 2 N–H and O–H groups in total. The van der Waals surface area contributed by atoms with Crippen molar-refractivity contribution in [2.45, 2.75) is 6.10 Å². The van der Waals surface area contributed by atoms with E-state index in [4.69, 9.17) is 16.3 Å². The highest BCUT2D eigenvalue weighted by Crippen LogP contribution is 2.31. The van der Waals surface area contributed by atoms with Gasteiger partial charge in [-0.2, -0.15) is 0 Å². The lowest BCUT2D eigenvalue weighted by molar-refractivity contribution is 0.102. The van der Waals surface area contributed by atoms with Crippen molar-refractivity contribution in [2.75, 3.05) is 12.4 Å². The van der Waals surface area contributed by atoms with Crippen molar-refractivity contribution in [3.63, 3.8) is 0 Å². The molecular formula is C21H18ClNO3. The SMILES string of the molecule is COc1cccc(C(=O)Nc2ccc(Cl)cc2[C@H](O)c2ccccc2)c1. The molecule has 0 unspecified atom stereocenters. The maximum absolute atomic E-state index is 12.6. The van der Waals surface area contributed by atoms with Crippen molar-refractivity contribution in [1.82, 2.24) is 0 Å². The van der Waals surface area contributed by atoms with Gasteiger partial charge in [-0.3, -0.25) is 4.79 Å². The number of aliphatic hydroxyl groups is 1. The van der Waals surface area contributed by atoms with Gasteiger partial charge in [-0.1, -0.05) is 48.0 Å². The minimum absolute atomic E-state index is 0.298. The number of anilines is 1. The quantitative estimate of drug-likeness (QED) is 0.688. The highest BCUT2D eigenvalue weighted by molar-refractivity contribution is 6.30. The minimum atomic E-state index is -0.907. The molecule has 0 aliphatic carbocycles. The van der Waals surface area contributed by atoms with Gasteiger partial charge < -0.3 is 15.2 Å². The number of halogens is 1. The molecule has 0 bridgehead atoms. The summed E-state index contributed by atoms with van der Waals surface area (Å²) in [5, 5.41) is 14.1. The zero-order valence-corrected chi connectivity index (χ0v) is 14.9. The Kier molecular flexibility index (Phi) is 5.56. The van der Waals surface area contributed by atoms with E-state index in [0.717, 1.165) is 0 Å². The first-order valence-electron chi connectivity index (χ1n) is 8.06. The molecule has 5 heteroatoms. The molecule has 3 aromatic rings. The molecule has 0 heterocycles. The molecule has 3 aromatic carbocycles. The van der Waals surface area contributed by atoms with Crippen molar-refractivity contribution in [3.05, 3.63) is 94.5 Å². The lowest BCUT2D eigenvalue weighted by Gasteiger charge is -2.17. The fourth-order valence-electron chi connectivity index (χ4n) is 2.65. The maximum Gasteiger partial charge on any atom is 0.255 e. The number of ether oxygens (including phenoxy) is 1. The highest BCUT2D eigenvalue weighted by atomic mass is 35.5. The number of nitrogens with one attached hydrogen (secondary N) is 1. The first-order chi connectivity index (χ1) is 12.6. The van der Waals surface area contributed by atoms with Crippen molar-refractivity contribution >= 4 is 23.2 Å². The van der Waals surface area contributed by atoms with Crippen LogP contribution < -0.4 is 10.1 Å². The topological polar surface area (TPSA) is 58.6 Å². The summed E-state index contributed by atoms with van der Waals surface area (Å²) < 4.78 is 5.15. The molecule has 0 fully saturated rings. The van der Waals surface area contributed by atoms with Gasteiger partial charge in [0.2, 0.25) is 0 Å². The smallest absolute Gasteiger partial charge is 0.255 e. The van der Waals surface area contributed by atoms with Crippen molar-refractivity contribution < 1.29 is 14.6 Å². The predicted molar refractivity (Wildman–Crippen MR) is 103 cm³/mol. The van der Waals surface area contributed by atoms with Crippen LogP contribution >= 0.6 is 11.6 Å². The highest BCUT2D eigenvalue weighted by Gasteiger charge is 2.17. The van der Waals surface area contributed by atoms with E-state index in [-0.39, 0.29) is 5.91 Å². The van der Waals surface area contributed by atoms with Gasteiger partial charge in [0, 0.05) is 21.8 Å². The van der Waals surface area contributed by atoms with Gasteiger partial charge in [0.1, 0.15) is 11.9 Å². The number of hydrogen-bond donors (Lipinski definition) is 2. The molecule has 26 heavy (non-hydrogen) atoms. The average Bonchev–Trinajstić information content (AvgIpc) is 2.69. The van der Waals surface area contributed by atoms with E-state index in [1.165, 1.54) is 0 Å². The Morgan fingerprint density at radius 3 is 2.54 bits per heavy atom. The number of benzene rings is 3. The number of amides is 1. The third-order valence-corrected chi connectivity index (χ3v) is 4.24. The first-order valence-corrected chi connectivity index (χ1v) is 8.44. The monoisotopic (exact) mass is 367 g/mol. The number of carbonyl (C=O) groups is 1. The van der Waals surface area contributed by atoms with Crippen molar-refractivity contribution in [3.8, 4) is 5.75 Å². The number of aliphatic hydroxyl groups excluding tert-OH is 1. The molecule has 3 rings (SSSR count). The van der Waals surface area contributed by atoms with Gasteiger partial charge in [-0.25, -0.2) is 0 Å². The average molecular weight is 368 g/mol. The molecule has 0 aromatic heterocycles. The largest absolute Gasteiger partial charge is 0.497 e. The molecule has 0 radical (unpaired) electrons. The van der Waals surface area contributed by atoms with E-state index in [0.29, 0.717) is 33.1 Å². The van der Waals surface area contributed by atoms with Gasteiger partial charge in [0.25, 0.3) is 5.91 Å². The third-order valence-electron chi connectivity index (χ3n) is 4.00. The van der Waals surface area contributed by atoms with Crippen molar-refractivity contribution in [2.24, 2.45) is 0 Å². The van der Waals surface area contributed by atoms with Crippen LogP contribution in [0.1, 0.15) is 27.6 Å². The third kappa shape index (κ3) is 4.04.